The SMILES string of the molecule is CNS(=O)(=O)CCN=C(N)N1CCC(C)CC1. The highest BCUT2D eigenvalue weighted by Crippen LogP contribution is 2.15. The number of hydrogen-bond acceptors (Lipinski definition) is 3. The molecule has 1 aliphatic heterocycles. The second kappa shape index (κ2) is 6.20. The van der Waals surface area contributed by atoms with E-state index in [0.717, 1.165) is 31.8 Å². The van der Waals surface area contributed by atoms with Gasteiger partial charge in [-0.3, -0.25) is 4.99 Å². The molecule has 1 saturated heterocycles. The van der Waals surface area contributed by atoms with Crippen LogP contribution >= 0.6 is 0 Å². The van der Waals surface area contributed by atoms with Crippen LogP contribution < -0.4 is 10.5 Å². The molecule has 0 bridgehead atoms. The Morgan fingerprint density at radius 3 is 2.59 bits per heavy atom. The van der Waals surface area contributed by atoms with Crippen LogP contribution in [-0.4, -0.2) is 51.7 Å². The molecule has 0 spiro atoms. The van der Waals surface area contributed by atoms with E-state index in [0.29, 0.717) is 5.96 Å². The van der Waals surface area contributed by atoms with Crippen molar-refractivity contribution >= 4 is 16.0 Å². The van der Waals surface area contributed by atoms with Gasteiger partial charge in [-0.15, -0.1) is 0 Å². The minimum absolute atomic E-state index is 0.0194. The molecule has 7 heteroatoms. The van der Waals surface area contributed by atoms with E-state index in [1.54, 1.807) is 0 Å². The number of sulfonamides is 1. The smallest absolute Gasteiger partial charge is 0.213 e. The third kappa shape index (κ3) is 4.91. The van der Waals surface area contributed by atoms with Crippen molar-refractivity contribution < 1.29 is 8.42 Å². The number of nitrogens with zero attached hydrogens (tertiary/aromatic N) is 2. The fourth-order valence-corrected chi connectivity index (χ4v) is 2.26. The molecule has 0 aromatic carbocycles. The van der Waals surface area contributed by atoms with Crippen molar-refractivity contribution in [2.75, 3.05) is 32.4 Å². The predicted molar refractivity (Wildman–Crippen MR) is 69.3 cm³/mol. The minimum atomic E-state index is -3.19. The van der Waals surface area contributed by atoms with Crippen molar-refractivity contribution in [3.05, 3.63) is 0 Å². The molecule has 0 unspecified atom stereocenters. The Morgan fingerprint density at radius 2 is 2.06 bits per heavy atom. The number of aliphatic imine (C=N–C) groups is 1. The van der Waals surface area contributed by atoms with E-state index in [-0.39, 0.29) is 12.3 Å². The lowest BCUT2D eigenvalue weighted by Gasteiger charge is -2.31. The van der Waals surface area contributed by atoms with Gasteiger partial charge in [0.25, 0.3) is 0 Å². The molecule has 0 amide bonds. The van der Waals surface area contributed by atoms with E-state index < -0.39 is 10.0 Å². The summed E-state index contributed by atoms with van der Waals surface area (Å²) >= 11 is 0. The molecular weight excluding hydrogens is 240 g/mol. The second-order valence-electron chi connectivity index (χ2n) is 4.43. The average Bonchev–Trinajstić information content (AvgIpc) is 2.29. The quantitative estimate of drug-likeness (QED) is 0.532. The first kappa shape index (κ1) is 14.2. The van der Waals surface area contributed by atoms with Crippen LogP contribution in [0.5, 0.6) is 0 Å². The van der Waals surface area contributed by atoms with Gasteiger partial charge >= 0.3 is 0 Å². The summed E-state index contributed by atoms with van der Waals surface area (Å²) in [6, 6.07) is 0. The van der Waals surface area contributed by atoms with Crippen LogP contribution in [-0.2, 0) is 10.0 Å². The Bertz CT molecular complexity index is 359. The molecule has 1 rings (SSSR count). The van der Waals surface area contributed by atoms with Crippen molar-refractivity contribution in [2.24, 2.45) is 16.6 Å². The Balaban J connectivity index is 2.39. The molecule has 1 heterocycles. The summed E-state index contributed by atoms with van der Waals surface area (Å²) in [5, 5.41) is 0. The molecule has 1 aliphatic rings. The molecular formula is C10H22N4O2S. The number of nitrogens with one attached hydrogen (secondary N) is 1. The number of likely N-dealkylation sites (tertiary alicyclic amines) is 1. The number of rotatable bonds is 4. The van der Waals surface area contributed by atoms with E-state index in [2.05, 4.69) is 16.6 Å². The maximum Gasteiger partial charge on any atom is 0.213 e. The first-order valence-electron chi connectivity index (χ1n) is 5.90. The van der Waals surface area contributed by atoms with Gasteiger partial charge in [0, 0.05) is 13.1 Å². The molecule has 0 radical (unpaired) electrons. The number of hydrogen-bond donors (Lipinski definition) is 2. The summed E-state index contributed by atoms with van der Waals surface area (Å²) in [7, 11) is -1.79. The molecule has 0 saturated carbocycles. The van der Waals surface area contributed by atoms with Crippen LogP contribution in [0.4, 0.5) is 0 Å². The number of nitrogens with two attached hydrogens (primary N) is 1. The van der Waals surface area contributed by atoms with E-state index in [4.69, 9.17) is 5.73 Å². The van der Waals surface area contributed by atoms with Crippen molar-refractivity contribution in [2.45, 2.75) is 19.8 Å². The molecule has 3 N–H and O–H groups in total. The Labute approximate surface area is 103 Å². The molecule has 100 valence electrons. The molecule has 17 heavy (non-hydrogen) atoms. The largest absolute Gasteiger partial charge is 0.370 e. The van der Waals surface area contributed by atoms with Crippen LogP contribution in [0.1, 0.15) is 19.8 Å². The van der Waals surface area contributed by atoms with Gasteiger partial charge in [-0.25, -0.2) is 13.1 Å². The minimum Gasteiger partial charge on any atom is -0.370 e. The van der Waals surface area contributed by atoms with Gasteiger partial charge in [0.05, 0.1) is 12.3 Å². The van der Waals surface area contributed by atoms with Gasteiger partial charge in [0.2, 0.25) is 10.0 Å². The molecule has 0 atom stereocenters. The highest BCUT2D eigenvalue weighted by molar-refractivity contribution is 7.89. The Morgan fingerprint density at radius 1 is 1.47 bits per heavy atom. The zero-order valence-corrected chi connectivity index (χ0v) is 11.3. The zero-order chi connectivity index (χ0) is 12.9. The fraction of sp³-hybridized carbons (Fsp3) is 0.900. The average molecular weight is 262 g/mol. The fourth-order valence-electron chi connectivity index (χ4n) is 1.72. The normalized spacial score (nSPS) is 19.6. The van der Waals surface area contributed by atoms with E-state index >= 15 is 0 Å². The van der Waals surface area contributed by atoms with Crippen molar-refractivity contribution in [3.63, 3.8) is 0 Å². The van der Waals surface area contributed by atoms with Crippen molar-refractivity contribution in [3.8, 4) is 0 Å². The maximum absolute atomic E-state index is 11.2. The zero-order valence-electron chi connectivity index (χ0n) is 10.5. The lowest BCUT2D eigenvalue weighted by molar-refractivity contribution is 0.278. The van der Waals surface area contributed by atoms with Crippen LogP contribution in [0, 0.1) is 5.92 Å². The van der Waals surface area contributed by atoms with Crippen LogP contribution in [0.15, 0.2) is 4.99 Å². The maximum atomic E-state index is 11.2. The summed E-state index contributed by atoms with van der Waals surface area (Å²) in [6.45, 7) is 4.26. The highest BCUT2D eigenvalue weighted by Gasteiger charge is 2.17. The van der Waals surface area contributed by atoms with Gasteiger partial charge in [0.15, 0.2) is 5.96 Å². The lowest BCUT2D eigenvalue weighted by Crippen LogP contribution is -2.42. The van der Waals surface area contributed by atoms with Crippen molar-refractivity contribution in [1.29, 1.82) is 0 Å². The molecule has 0 aromatic heterocycles. The van der Waals surface area contributed by atoms with E-state index in [9.17, 15) is 8.42 Å². The van der Waals surface area contributed by atoms with E-state index in [1.807, 2.05) is 4.90 Å². The Kier molecular flexibility index (Phi) is 5.20. The lowest BCUT2D eigenvalue weighted by atomic mass is 10.00. The van der Waals surface area contributed by atoms with Crippen LogP contribution in [0.25, 0.3) is 0 Å². The molecule has 1 fully saturated rings. The van der Waals surface area contributed by atoms with Gasteiger partial charge in [-0.1, -0.05) is 6.92 Å². The summed E-state index contributed by atoms with van der Waals surface area (Å²) in [6.07, 6.45) is 2.23. The molecule has 0 aliphatic carbocycles. The number of guanidine groups is 1. The Hall–Kier alpha value is -0.820. The summed E-state index contributed by atoms with van der Waals surface area (Å²) < 4.78 is 24.6. The van der Waals surface area contributed by atoms with Gasteiger partial charge in [-0.05, 0) is 25.8 Å². The van der Waals surface area contributed by atoms with Gasteiger partial charge in [-0.2, -0.15) is 0 Å². The monoisotopic (exact) mass is 262 g/mol. The van der Waals surface area contributed by atoms with Gasteiger partial charge < -0.3 is 10.6 Å². The van der Waals surface area contributed by atoms with E-state index in [1.165, 1.54) is 7.05 Å². The van der Waals surface area contributed by atoms with Crippen LogP contribution in [0.3, 0.4) is 0 Å². The standard InChI is InChI=1S/C10H22N4O2S/c1-9-3-6-14(7-4-9)10(11)13-5-8-17(15,16)12-2/h9,12H,3-8H2,1-2H3,(H2,11,13). The van der Waals surface area contributed by atoms with Gasteiger partial charge in [0.1, 0.15) is 0 Å². The summed E-state index contributed by atoms with van der Waals surface area (Å²) in [4.78, 5) is 6.13. The molecule has 0 aromatic rings. The first-order valence-corrected chi connectivity index (χ1v) is 7.56. The third-order valence-corrected chi connectivity index (χ3v) is 4.39. The predicted octanol–water partition coefficient (Wildman–Crippen LogP) is -0.418. The second-order valence-corrected chi connectivity index (χ2v) is 6.48. The summed E-state index contributed by atoms with van der Waals surface area (Å²) in [5.41, 5.74) is 5.83. The van der Waals surface area contributed by atoms with Crippen LogP contribution in [0.2, 0.25) is 0 Å². The third-order valence-electron chi connectivity index (χ3n) is 3.05. The van der Waals surface area contributed by atoms with Crippen molar-refractivity contribution in [1.82, 2.24) is 9.62 Å². The highest BCUT2D eigenvalue weighted by atomic mass is 32.2. The number of piperidine rings is 1. The first-order chi connectivity index (χ1) is 7.94. The topological polar surface area (TPSA) is 87.8 Å². The molecule has 6 nitrogen and oxygen atoms in total. The summed E-state index contributed by atoms with van der Waals surface area (Å²) in [5.74, 6) is 1.18.